The first-order valence-electron chi connectivity index (χ1n) is 25.6. The minimum atomic E-state index is -0.900. The fraction of sp³-hybridized carbons (Fsp3) is 0.393. The van der Waals surface area contributed by atoms with Crippen LogP contribution in [-0.4, -0.2) is 97.7 Å². The van der Waals surface area contributed by atoms with E-state index in [2.05, 4.69) is 115 Å². The van der Waals surface area contributed by atoms with Crippen LogP contribution in [0.1, 0.15) is 119 Å². The third-order valence-corrected chi connectivity index (χ3v) is 14.8. The lowest BCUT2D eigenvalue weighted by Crippen LogP contribution is -2.24. The third kappa shape index (κ3) is 16.8. The summed E-state index contributed by atoms with van der Waals surface area (Å²) in [7, 11) is 0. The Balaban J connectivity index is 0.000000186. The Morgan fingerprint density at radius 3 is 1.75 bits per heavy atom. The van der Waals surface area contributed by atoms with Crippen molar-refractivity contribution in [3.05, 3.63) is 140 Å². The number of hydrogen-bond acceptors (Lipinski definition) is 17. The number of aromatic carboxylic acids is 1. The van der Waals surface area contributed by atoms with Crippen LogP contribution in [0.15, 0.2) is 98.1 Å². The van der Waals surface area contributed by atoms with Crippen LogP contribution >= 0.6 is 22.7 Å². The lowest BCUT2D eigenvalue weighted by Gasteiger charge is -2.22. The molecule has 9 rings (SSSR count). The zero-order chi connectivity index (χ0) is 55.1. The summed E-state index contributed by atoms with van der Waals surface area (Å²) >= 11 is 2.67. The van der Waals surface area contributed by atoms with Gasteiger partial charge in [-0.3, -0.25) is 14.2 Å². The second-order valence-electron chi connectivity index (χ2n) is 20.3. The molecule has 77 heavy (non-hydrogen) atoms. The number of rotatable bonds is 17. The van der Waals surface area contributed by atoms with Gasteiger partial charge < -0.3 is 35.6 Å². The second kappa shape index (κ2) is 26.6. The van der Waals surface area contributed by atoms with Gasteiger partial charge in [0.05, 0.1) is 83.9 Å². The standard InChI is InChI=1S/C25H29N7O2S.C23H29N5O2.C8H11NO2S/c1-16-11-17(20-7-8-26-24(31-20)30-19-13-29-32(15-19)9-10-33)5-6-18(16)12-27-22(34)21-14-28-23(35-21)25(2,3)4;1-3-18-7-8-19(14-17(18)2)21-9-10-24-23(27-21)26-20-15-25-28(16-20)11-13-30-22-6-4-5-12-29-22;1-8(2,3)7-9-4-5(12-7)6(10)11/h5-8,11,13-15,33H,9-10,12H2,1-4H3,(H,27,34)(H,26,30,31);7-10,14-16,22H,3-6,11-13H2,1-2H3,(H,24,26,27);4H,1-3H3,(H,10,11). The smallest absolute Gasteiger partial charge is 0.347 e. The lowest BCUT2D eigenvalue weighted by molar-refractivity contribution is -0.163. The molecule has 406 valence electrons. The number of benzene rings is 2. The number of aliphatic hydroxyl groups excluding tert-OH is 1. The Bertz CT molecular complexity index is 3200. The van der Waals surface area contributed by atoms with Crippen LogP contribution in [0.25, 0.3) is 22.5 Å². The number of carboxylic acid groups (broad SMARTS) is 1. The predicted molar refractivity (Wildman–Crippen MR) is 301 cm³/mol. The quantitative estimate of drug-likeness (QED) is 0.0569. The lowest BCUT2D eigenvalue weighted by atomic mass is 9.98. The largest absolute Gasteiger partial charge is 0.477 e. The van der Waals surface area contributed by atoms with Gasteiger partial charge in [0.2, 0.25) is 11.9 Å². The van der Waals surface area contributed by atoms with Crippen LogP contribution in [-0.2, 0) is 46.4 Å². The molecule has 8 aromatic rings. The van der Waals surface area contributed by atoms with Gasteiger partial charge in [-0.1, -0.05) is 72.7 Å². The highest BCUT2D eigenvalue weighted by atomic mass is 32.1. The topological polar surface area (TPSA) is 242 Å². The number of aromatic nitrogens is 10. The predicted octanol–water partition coefficient (Wildman–Crippen LogP) is 10.7. The maximum Gasteiger partial charge on any atom is 0.347 e. The molecule has 1 amide bonds. The molecule has 1 unspecified atom stereocenters. The third-order valence-electron chi connectivity index (χ3n) is 12.0. The summed E-state index contributed by atoms with van der Waals surface area (Å²) in [4.78, 5) is 50.4. The van der Waals surface area contributed by atoms with Gasteiger partial charge >= 0.3 is 5.97 Å². The van der Waals surface area contributed by atoms with E-state index < -0.39 is 5.97 Å². The van der Waals surface area contributed by atoms with Crippen molar-refractivity contribution >= 4 is 57.8 Å². The Morgan fingerprint density at radius 2 is 1.27 bits per heavy atom. The number of nitrogens with zero attached hydrogens (tertiary/aromatic N) is 10. The summed E-state index contributed by atoms with van der Waals surface area (Å²) in [6.45, 7) is 21.5. The van der Waals surface area contributed by atoms with Crippen LogP contribution in [0.3, 0.4) is 0 Å². The molecule has 1 fully saturated rings. The van der Waals surface area contributed by atoms with Gasteiger partial charge in [-0.25, -0.2) is 34.7 Å². The summed E-state index contributed by atoms with van der Waals surface area (Å²) < 4.78 is 14.9. The highest BCUT2D eigenvalue weighted by molar-refractivity contribution is 7.14. The molecule has 1 atom stereocenters. The van der Waals surface area contributed by atoms with Gasteiger partial charge in [0.15, 0.2) is 6.29 Å². The monoisotopic (exact) mass is 1080 g/mol. The van der Waals surface area contributed by atoms with Crippen LogP contribution in [0.2, 0.25) is 0 Å². The molecular formula is C56H69N13O6S2. The van der Waals surface area contributed by atoms with E-state index in [1.165, 1.54) is 46.4 Å². The van der Waals surface area contributed by atoms with Crippen molar-refractivity contribution in [2.45, 2.75) is 125 Å². The molecule has 5 N–H and O–H groups in total. The molecular weight excluding hydrogens is 1010 g/mol. The van der Waals surface area contributed by atoms with Crippen molar-refractivity contribution in [3.63, 3.8) is 0 Å². The van der Waals surface area contributed by atoms with E-state index in [-0.39, 0.29) is 29.6 Å². The van der Waals surface area contributed by atoms with Crippen LogP contribution in [0, 0.1) is 13.8 Å². The number of anilines is 4. The summed E-state index contributed by atoms with van der Waals surface area (Å²) in [5.74, 6) is -0.00587. The Kier molecular flexibility index (Phi) is 19.9. The summed E-state index contributed by atoms with van der Waals surface area (Å²) in [5.41, 5.74) is 9.91. The number of nitrogens with one attached hydrogen (secondary N) is 3. The molecule has 19 nitrogen and oxygen atoms in total. The molecule has 0 aliphatic carbocycles. The van der Waals surface area contributed by atoms with Crippen molar-refractivity contribution in [3.8, 4) is 22.5 Å². The van der Waals surface area contributed by atoms with Gasteiger partial charge in [-0.2, -0.15) is 10.2 Å². The highest BCUT2D eigenvalue weighted by Crippen LogP contribution is 2.29. The average Bonchev–Trinajstić information content (AvgIpc) is 4.27. The molecule has 21 heteroatoms. The van der Waals surface area contributed by atoms with E-state index >= 15 is 0 Å². The van der Waals surface area contributed by atoms with Crippen LogP contribution in [0.5, 0.6) is 0 Å². The van der Waals surface area contributed by atoms with E-state index in [0.29, 0.717) is 47.9 Å². The Labute approximate surface area is 457 Å². The fourth-order valence-electron chi connectivity index (χ4n) is 7.75. The van der Waals surface area contributed by atoms with Crippen LogP contribution < -0.4 is 16.0 Å². The van der Waals surface area contributed by atoms with Crippen molar-refractivity contribution in [1.29, 1.82) is 0 Å². The molecule has 0 spiro atoms. The number of hydrogen-bond donors (Lipinski definition) is 5. The summed E-state index contributed by atoms with van der Waals surface area (Å²) in [6.07, 6.45) is 17.9. The number of ether oxygens (including phenoxy) is 2. The number of aryl methyl sites for hydroxylation is 3. The number of amides is 1. The van der Waals surface area contributed by atoms with Crippen molar-refractivity contribution < 1.29 is 29.3 Å². The van der Waals surface area contributed by atoms with Crippen molar-refractivity contribution in [2.24, 2.45) is 0 Å². The maximum atomic E-state index is 12.6. The number of aliphatic hydroxyl groups is 1. The minimum Gasteiger partial charge on any atom is -0.477 e. The first-order valence-corrected chi connectivity index (χ1v) is 27.2. The first-order chi connectivity index (χ1) is 36.8. The van der Waals surface area contributed by atoms with Gasteiger partial charge in [-0.15, -0.1) is 22.7 Å². The highest BCUT2D eigenvalue weighted by Gasteiger charge is 2.22. The van der Waals surface area contributed by atoms with E-state index in [1.807, 2.05) is 62.8 Å². The van der Waals surface area contributed by atoms with Gasteiger partial charge in [0.1, 0.15) is 9.75 Å². The second-order valence-corrected chi connectivity index (χ2v) is 22.4. The molecule has 2 aromatic carbocycles. The molecule has 0 bridgehead atoms. The van der Waals surface area contributed by atoms with Gasteiger partial charge in [0, 0.05) is 59.9 Å². The normalized spacial score (nSPS) is 13.5. The SMILES string of the molecule is CC(C)(C)c1ncc(C(=O)O)s1.CCc1ccc(-c2ccnc(Nc3cnn(CCOC4CCCCO4)c3)n2)cc1C.Cc1cc(-c2ccnc(Nc3cnn(CCO)c3)n2)ccc1CNC(=O)c1cnc(C(C)(C)C)s1. The van der Waals surface area contributed by atoms with Gasteiger partial charge in [-0.05, 0) is 86.1 Å². The summed E-state index contributed by atoms with van der Waals surface area (Å²) in [5, 5.41) is 37.4. The molecule has 1 aliphatic heterocycles. The van der Waals surface area contributed by atoms with E-state index in [4.69, 9.17) is 19.7 Å². The summed E-state index contributed by atoms with van der Waals surface area (Å²) in [6, 6.07) is 16.3. The van der Waals surface area contributed by atoms with E-state index in [9.17, 15) is 9.59 Å². The number of carbonyl (C=O) groups is 2. The van der Waals surface area contributed by atoms with Crippen molar-refractivity contribution in [2.75, 3.05) is 30.5 Å². The minimum absolute atomic E-state index is 0.0233. The molecule has 1 aliphatic rings. The van der Waals surface area contributed by atoms with Crippen molar-refractivity contribution in [1.82, 2.24) is 54.8 Å². The Morgan fingerprint density at radius 1 is 0.727 bits per heavy atom. The fourth-order valence-corrected chi connectivity index (χ4v) is 9.46. The molecule has 0 saturated carbocycles. The first kappa shape index (κ1) is 57.4. The maximum absolute atomic E-state index is 12.6. The molecule has 7 heterocycles. The van der Waals surface area contributed by atoms with Gasteiger partial charge in [0.25, 0.3) is 5.91 Å². The van der Waals surface area contributed by atoms with E-state index in [1.54, 1.807) is 41.9 Å². The molecule has 0 radical (unpaired) electrons. The number of carboxylic acids is 1. The van der Waals surface area contributed by atoms with E-state index in [0.717, 1.165) is 80.9 Å². The number of thiazole rings is 2. The zero-order valence-corrected chi connectivity index (χ0v) is 46.8. The Hall–Kier alpha value is -7.30. The molecule has 6 aromatic heterocycles. The zero-order valence-electron chi connectivity index (χ0n) is 45.2. The molecule has 1 saturated heterocycles. The average molecular weight is 1080 g/mol. The number of carbonyl (C=O) groups excluding carboxylic acids is 1. The van der Waals surface area contributed by atoms with Crippen LogP contribution in [0.4, 0.5) is 23.3 Å².